The van der Waals surface area contributed by atoms with E-state index >= 15 is 0 Å². The fraction of sp³-hybridized carbons (Fsp3) is 0.125. The Labute approximate surface area is 96.8 Å². The summed E-state index contributed by atoms with van der Waals surface area (Å²) in [5, 5.41) is 12.8. The molecule has 0 spiro atoms. The molecule has 7 heteroatoms. The number of aromatic carboxylic acids is 1. The van der Waals surface area contributed by atoms with Gasteiger partial charge in [-0.3, -0.25) is 4.79 Å². The van der Waals surface area contributed by atoms with E-state index in [-0.39, 0.29) is 42.9 Å². The Kier molecular flexibility index (Phi) is 3.34. The quantitative estimate of drug-likeness (QED) is 0.464. The second-order valence-corrected chi connectivity index (χ2v) is 2.67. The minimum atomic E-state index is -1.40. The summed E-state index contributed by atoms with van der Waals surface area (Å²) in [6.07, 6.45) is 0. The van der Waals surface area contributed by atoms with Gasteiger partial charge in [-0.2, -0.15) is 0 Å². The Bertz CT molecular complexity index is 421. The van der Waals surface area contributed by atoms with Crippen molar-refractivity contribution in [3.8, 4) is 5.75 Å². The number of carboxylic acid groups (broad SMARTS) is 1. The van der Waals surface area contributed by atoms with Gasteiger partial charge in [-0.1, -0.05) is 0 Å². The van der Waals surface area contributed by atoms with Gasteiger partial charge in [-0.25, -0.2) is 4.98 Å². The normalized spacial score (nSPS) is 12.9. The molecule has 0 aliphatic carbocycles. The first-order valence-corrected chi connectivity index (χ1v) is 3.82. The van der Waals surface area contributed by atoms with Gasteiger partial charge in [-0.05, 0) is 12.1 Å². The molecule has 72 valence electrons. The SMILES string of the molecule is O=C1COc2ccc(C(=O)[O-])nc2N1.[Li+]. The van der Waals surface area contributed by atoms with E-state index < -0.39 is 5.97 Å². The minimum Gasteiger partial charge on any atom is -0.543 e. The Morgan fingerprint density at radius 1 is 1.53 bits per heavy atom. The summed E-state index contributed by atoms with van der Waals surface area (Å²) in [7, 11) is 0. The number of ether oxygens (including phenoxy) is 1. The van der Waals surface area contributed by atoms with Crippen LogP contribution in [0.4, 0.5) is 5.82 Å². The average molecular weight is 200 g/mol. The van der Waals surface area contributed by atoms with Crippen LogP contribution in [0.15, 0.2) is 12.1 Å². The molecule has 0 atom stereocenters. The van der Waals surface area contributed by atoms with Crippen molar-refractivity contribution in [1.82, 2.24) is 4.98 Å². The van der Waals surface area contributed by atoms with Gasteiger partial charge in [0, 0.05) is 0 Å². The Morgan fingerprint density at radius 2 is 2.27 bits per heavy atom. The van der Waals surface area contributed by atoms with Crippen molar-refractivity contribution in [2.45, 2.75) is 0 Å². The van der Waals surface area contributed by atoms with E-state index in [0.29, 0.717) is 5.75 Å². The van der Waals surface area contributed by atoms with Crippen LogP contribution in [0, 0.1) is 0 Å². The second kappa shape index (κ2) is 4.34. The molecule has 0 saturated carbocycles. The van der Waals surface area contributed by atoms with Crippen molar-refractivity contribution in [3.05, 3.63) is 17.8 Å². The fourth-order valence-electron chi connectivity index (χ4n) is 1.08. The molecular formula is C8H5LiN2O4. The van der Waals surface area contributed by atoms with E-state index in [0.717, 1.165) is 0 Å². The first kappa shape index (κ1) is 11.6. The van der Waals surface area contributed by atoms with Crippen molar-refractivity contribution in [3.63, 3.8) is 0 Å². The molecule has 1 aromatic heterocycles. The summed E-state index contributed by atoms with van der Waals surface area (Å²) in [6.45, 7) is -0.0840. The standard InChI is InChI=1S/C8H6N2O4.Li/c11-6-3-14-5-2-1-4(8(12)13)9-7(5)10-6;/h1-2H,3H2,(H,12,13)(H,9,10,11);/q;+1/p-1. The largest absolute Gasteiger partial charge is 1.00 e. The van der Waals surface area contributed by atoms with Gasteiger partial charge in [-0.15, -0.1) is 0 Å². The molecule has 1 N–H and O–H groups in total. The fourth-order valence-corrected chi connectivity index (χ4v) is 1.08. The van der Waals surface area contributed by atoms with Gasteiger partial charge in [0.1, 0.15) is 0 Å². The Morgan fingerprint density at radius 3 is 2.93 bits per heavy atom. The summed E-state index contributed by atoms with van der Waals surface area (Å²) >= 11 is 0. The van der Waals surface area contributed by atoms with E-state index in [1.807, 2.05) is 0 Å². The number of carboxylic acids is 1. The van der Waals surface area contributed by atoms with Crippen molar-refractivity contribution in [1.29, 1.82) is 0 Å². The summed E-state index contributed by atoms with van der Waals surface area (Å²) in [5.41, 5.74) is -0.241. The number of amides is 1. The molecule has 0 bridgehead atoms. The number of carbonyl (C=O) groups excluding carboxylic acids is 2. The van der Waals surface area contributed by atoms with Crippen molar-refractivity contribution < 1.29 is 38.3 Å². The number of hydrogen-bond donors (Lipinski definition) is 1. The molecule has 1 aliphatic rings. The maximum Gasteiger partial charge on any atom is 1.00 e. The molecule has 0 unspecified atom stereocenters. The third-order valence-electron chi connectivity index (χ3n) is 1.68. The van der Waals surface area contributed by atoms with E-state index in [4.69, 9.17) is 4.74 Å². The van der Waals surface area contributed by atoms with Crippen molar-refractivity contribution in [2.75, 3.05) is 11.9 Å². The zero-order valence-electron chi connectivity index (χ0n) is 7.94. The average Bonchev–Trinajstić information content (AvgIpc) is 2.16. The zero-order valence-corrected chi connectivity index (χ0v) is 7.94. The van der Waals surface area contributed by atoms with Gasteiger partial charge < -0.3 is 20.0 Å². The summed E-state index contributed by atoms with van der Waals surface area (Å²) in [6, 6.07) is 2.68. The van der Waals surface area contributed by atoms with Gasteiger partial charge >= 0.3 is 18.9 Å². The van der Waals surface area contributed by atoms with Crippen LogP contribution in [0.5, 0.6) is 5.75 Å². The van der Waals surface area contributed by atoms with Crippen LogP contribution >= 0.6 is 0 Å². The number of hydrogen-bond acceptors (Lipinski definition) is 5. The molecule has 0 aromatic carbocycles. The molecular weight excluding hydrogens is 195 g/mol. The van der Waals surface area contributed by atoms with Crippen LogP contribution in [0.25, 0.3) is 0 Å². The maximum absolute atomic E-state index is 10.9. The molecule has 1 amide bonds. The third kappa shape index (κ3) is 2.29. The molecule has 0 saturated heterocycles. The molecule has 1 aliphatic heterocycles. The Hall–Kier alpha value is -1.51. The van der Waals surface area contributed by atoms with Crippen molar-refractivity contribution in [2.24, 2.45) is 0 Å². The summed E-state index contributed by atoms with van der Waals surface area (Å²) < 4.78 is 4.98. The molecule has 15 heavy (non-hydrogen) atoms. The van der Waals surface area contributed by atoms with Gasteiger partial charge in [0.05, 0.1) is 11.7 Å². The number of pyridine rings is 1. The maximum atomic E-state index is 10.9. The number of nitrogens with one attached hydrogen (secondary N) is 1. The molecule has 0 radical (unpaired) electrons. The number of rotatable bonds is 1. The smallest absolute Gasteiger partial charge is 0.543 e. The van der Waals surface area contributed by atoms with E-state index in [9.17, 15) is 14.7 Å². The number of fused-ring (bicyclic) bond motifs is 1. The van der Waals surface area contributed by atoms with Crippen LogP contribution in [0.1, 0.15) is 10.5 Å². The molecule has 2 rings (SSSR count). The number of carbonyl (C=O) groups is 2. The zero-order chi connectivity index (χ0) is 10.1. The van der Waals surface area contributed by atoms with Gasteiger partial charge in [0.2, 0.25) is 0 Å². The second-order valence-electron chi connectivity index (χ2n) is 2.67. The van der Waals surface area contributed by atoms with Gasteiger partial charge in [0.15, 0.2) is 18.2 Å². The molecule has 1 aromatic rings. The van der Waals surface area contributed by atoms with Crippen LogP contribution in [0.3, 0.4) is 0 Å². The third-order valence-corrected chi connectivity index (χ3v) is 1.68. The summed E-state index contributed by atoms with van der Waals surface area (Å²) in [5.74, 6) is -1.29. The Balaban J connectivity index is 0.00000112. The van der Waals surface area contributed by atoms with E-state index in [1.165, 1.54) is 12.1 Å². The topological polar surface area (TPSA) is 91.4 Å². The molecule has 6 nitrogen and oxygen atoms in total. The summed E-state index contributed by atoms with van der Waals surface area (Å²) in [4.78, 5) is 25.0. The molecule has 2 heterocycles. The first-order chi connectivity index (χ1) is 6.66. The molecule has 0 fully saturated rings. The number of anilines is 1. The van der Waals surface area contributed by atoms with Crippen LogP contribution in [-0.2, 0) is 4.79 Å². The predicted octanol–water partition coefficient (Wildman–Crippen LogP) is -4.22. The van der Waals surface area contributed by atoms with Crippen LogP contribution < -0.4 is 34.0 Å². The first-order valence-electron chi connectivity index (χ1n) is 3.82. The minimum absolute atomic E-state index is 0. The predicted molar refractivity (Wildman–Crippen MR) is 42.7 cm³/mol. The van der Waals surface area contributed by atoms with Crippen LogP contribution in [-0.4, -0.2) is 23.5 Å². The number of aromatic nitrogens is 1. The van der Waals surface area contributed by atoms with E-state index in [1.54, 1.807) is 0 Å². The van der Waals surface area contributed by atoms with Gasteiger partial charge in [0.25, 0.3) is 5.91 Å². The van der Waals surface area contributed by atoms with Crippen LogP contribution in [0.2, 0.25) is 0 Å². The monoisotopic (exact) mass is 200 g/mol. The van der Waals surface area contributed by atoms with E-state index in [2.05, 4.69) is 10.3 Å². The van der Waals surface area contributed by atoms with Crippen molar-refractivity contribution >= 4 is 17.7 Å². The number of nitrogens with zero attached hydrogens (tertiary/aromatic N) is 1.